The molecule has 2 aromatic rings. The Hall–Kier alpha value is -0.680. The van der Waals surface area contributed by atoms with Gasteiger partial charge in [0.05, 0.1) is 0 Å². The summed E-state index contributed by atoms with van der Waals surface area (Å²) in [7, 11) is 0. The van der Waals surface area contributed by atoms with E-state index in [1.165, 1.54) is 18.4 Å². The molecule has 0 spiro atoms. The molecule has 1 fully saturated rings. The average Bonchev–Trinajstić information content (AvgIpc) is 3.14. The Balaban J connectivity index is 1.83. The third-order valence-electron chi connectivity index (χ3n) is 3.94. The van der Waals surface area contributed by atoms with Gasteiger partial charge in [0.15, 0.2) is 0 Å². The average molecular weight is 338 g/mol. The molecule has 1 aromatic carbocycles. The van der Waals surface area contributed by atoms with E-state index in [4.69, 9.17) is 5.73 Å². The van der Waals surface area contributed by atoms with Crippen molar-refractivity contribution in [1.82, 2.24) is 0 Å². The summed E-state index contributed by atoms with van der Waals surface area (Å²) in [6, 6.07) is 10.2. The number of hydrogen-bond acceptors (Lipinski definition) is 3. The maximum Gasteiger partial charge on any atom is 0.113 e. The largest absolute Gasteiger partial charge is 0.383 e. The van der Waals surface area contributed by atoms with Crippen LogP contribution in [0.4, 0.5) is 0 Å². The maximum absolute atomic E-state index is 10.3. The highest BCUT2D eigenvalue weighted by atomic mass is 79.9. The van der Waals surface area contributed by atoms with Crippen molar-refractivity contribution in [2.75, 3.05) is 6.54 Å². The van der Waals surface area contributed by atoms with Gasteiger partial charge in [0, 0.05) is 26.7 Å². The van der Waals surface area contributed by atoms with E-state index in [9.17, 15) is 5.11 Å². The summed E-state index contributed by atoms with van der Waals surface area (Å²) < 4.78 is 1.02. The van der Waals surface area contributed by atoms with E-state index < -0.39 is 6.10 Å². The number of thiophene rings is 1. The van der Waals surface area contributed by atoms with E-state index in [-0.39, 0.29) is 5.41 Å². The molecule has 4 heteroatoms. The van der Waals surface area contributed by atoms with Gasteiger partial charge in [-0.2, -0.15) is 0 Å². The third kappa shape index (κ3) is 2.50. The highest BCUT2D eigenvalue weighted by Crippen LogP contribution is 2.47. The van der Waals surface area contributed by atoms with Crippen molar-refractivity contribution in [2.45, 2.75) is 24.4 Å². The zero-order valence-electron chi connectivity index (χ0n) is 10.5. The summed E-state index contributed by atoms with van der Waals surface area (Å²) in [5.41, 5.74) is 8.30. The Morgan fingerprint density at radius 2 is 2.00 bits per heavy atom. The van der Waals surface area contributed by atoms with Crippen molar-refractivity contribution >= 4 is 27.3 Å². The SMILES string of the molecule is NCC1(c2ccc(C(O)c3cc(Br)cs3)cc2)CC1. The van der Waals surface area contributed by atoms with Crippen molar-refractivity contribution in [3.63, 3.8) is 0 Å². The molecule has 3 rings (SSSR count). The van der Waals surface area contributed by atoms with Crippen LogP contribution in [0.2, 0.25) is 0 Å². The fraction of sp³-hybridized carbons (Fsp3) is 0.333. The molecule has 0 radical (unpaired) electrons. The second kappa shape index (κ2) is 5.02. The number of hydrogen-bond donors (Lipinski definition) is 2. The standard InChI is InChI=1S/C15H16BrNOS/c16-12-7-13(19-8-12)14(18)10-1-3-11(4-2-10)15(9-17)5-6-15/h1-4,7-8,14,18H,5-6,9,17H2. The highest BCUT2D eigenvalue weighted by molar-refractivity contribution is 9.10. The summed E-state index contributed by atoms with van der Waals surface area (Å²) in [5, 5.41) is 12.3. The molecule has 1 heterocycles. The maximum atomic E-state index is 10.3. The molecule has 0 amide bonds. The first-order chi connectivity index (χ1) is 9.14. The molecule has 1 aromatic heterocycles. The van der Waals surface area contributed by atoms with Gasteiger partial charge in [0.25, 0.3) is 0 Å². The lowest BCUT2D eigenvalue weighted by Crippen LogP contribution is -2.19. The van der Waals surface area contributed by atoms with E-state index in [2.05, 4.69) is 28.1 Å². The van der Waals surface area contributed by atoms with Crippen molar-refractivity contribution in [1.29, 1.82) is 0 Å². The molecule has 2 nitrogen and oxygen atoms in total. The van der Waals surface area contributed by atoms with E-state index in [0.717, 1.165) is 14.9 Å². The highest BCUT2D eigenvalue weighted by Gasteiger charge is 2.42. The first-order valence-corrected chi connectivity index (χ1v) is 8.04. The van der Waals surface area contributed by atoms with Gasteiger partial charge in [0.1, 0.15) is 6.10 Å². The molecule has 19 heavy (non-hydrogen) atoms. The number of benzene rings is 1. The van der Waals surface area contributed by atoms with Gasteiger partial charge in [-0.3, -0.25) is 0 Å². The predicted octanol–water partition coefficient (Wildman–Crippen LogP) is 3.58. The molecule has 100 valence electrons. The van der Waals surface area contributed by atoms with Gasteiger partial charge >= 0.3 is 0 Å². The molecule has 3 N–H and O–H groups in total. The minimum atomic E-state index is -0.543. The lowest BCUT2D eigenvalue weighted by atomic mass is 9.94. The van der Waals surface area contributed by atoms with Gasteiger partial charge < -0.3 is 10.8 Å². The Morgan fingerprint density at radius 3 is 2.47 bits per heavy atom. The Bertz CT molecular complexity index is 574. The van der Waals surface area contributed by atoms with Crippen LogP contribution >= 0.6 is 27.3 Å². The topological polar surface area (TPSA) is 46.2 Å². The lowest BCUT2D eigenvalue weighted by Gasteiger charge is -2.15. The van der Waals surface area contributed by atoms with E-state index >= 15 is 0 Å². The Morgan fingerprint density at radius 1 is 1.32 bits per heavy atom. The number of halogens is 1. The summed E-state index contributed by atoms with van der Waals surface area (Å²) >= 11 is 4.98. The van der Waals surface area contributed by atoms with Gasteiger partial charge in [-0.25, -0.2) is 0 Å². The fourth-order valence-corrected chi connectivity index (χ4v) is 3.87. The number of nitrogens with two attached hydrogens (primary N) is 1. The van der Waals surface area contributed by atoms with Crippen molar-refractivity contribution in [3.8, 4) is 0 Å². The van der Waals surface area contributed by atoms with Gasteiger partial charge in [0.2, 0.25) is 0 Å². The molecule has 1 saturated carbocycles. The summed E-state index contributed by atoms with van der Waals surface area (Å²) in [4.78, 5) is 0.958. The molecular weight excluding hydrogens is 322 g/mol. The van der Waals surface area contributed by atoms with Crippen LogP contribution in [0.25, 0.3) is 0 Å². The van der Waals surface area contributed by atoms with Crippen molar-refractivity contribution in [3.05, 3.63) is 56.2 Å². The van der Waals surface area contributed by atoms with Crippen molar-refractivity contribution in [2.24, 2.45) is 5.73 Å². The van der Waals surface area contributed by atoms with E-state index in [1.54, 1.807) is 11.3 Å². The van der Waals surface area contributed by atoms with Gasteiger partial charge in [-0.15, -0.1) is 11.3 Å². The molecule has 0 bridgehead atoms. The smallest absolute Gasteiger partial charge is 0.113 e. The quantitative estimate of drug-likeness (QED) is 0.895. The fourth-order valence-electron chi connectivity index (χ4n) is 2.42. The molecule has 1 aliphatic carbocycles. The van der Waals surface area contributed by atoms with Crippen molar-refractivity contribution < 1.29 is 5.11 Å². The summed E-state index contributed by atoms with van der Waals surface area (Å²) in [6.07, 6.45) is 1.82. The lowest BCUT2D eigenvalue weighted by molar-refractivity contribution is 0.224. The Labute approximate surface area is 125 Å². The van der Waals surface area contributed by atoms with Crippen LogP contribution in [0.15, 0.2) is 40.2 Å². The van der Waals surface area contributed by atoms with Crippen LogP contribution in [0.5, 0.6) is 0 Å². The molecule has 1 atom stereocenters. The first-order valence-electron chi connectivity index (χ1n) is 6.37. The van der Waals surface area contributed by atoms with Crippen LogP contribution in [-0.4, -0.2) is 11.7 Å². The van der Waals surface area contributed by atoms with Crippen LogP contribution in [-0.2, 0) is 5.41 Å². The minimum Gasteiger partial charge on any atom is -0.383 e. The molecule has 1 unspecified atom stereocenters. The molecule has 0 saturated heterocycles. The zero-order chi connectivity index (χ0) is 13.5. The second-order valence-electron chi connectivity index (χ2n) is 5.18. The monoisotopic (exact) mass is 337 g/mol. The predicted molar refractivity (Wildman–Crippen MR) is 82.5 cm³/mol. The van der Waals surface area contributed by atoms with Crippen LogP contribution in [0.3, 0.4) is 0 Å². The van der Waals surface area contributed by atoms with E-state index in [1.807, 2.05) is 23.6 Å². The normalized spacial score (nSPS) is 18.3. The molecule has 0 aliphatic heterocycles. The van der Waals surface area contributed by atoms with E-state index in [0.29, 0.717) is 6.54 Å². The summed E-state index contributed by atoms with van der Waals surface area (Å²) in [6.45, 7) is 0.715. The van der Waals surface area contributed by atoms with Crippen LogP contribution in [0, 0.1) is 0 Å². The summed E-state index contributed by atoms with van der Waals surface area (Å²) in [5.74, 6) is 0. The number of aliphatic hydroxyl groups is 1. The second-order valence-corrected chi connectivity index (χ2v) is 7.03. The third-order valence-corrected chi connectivity index (χ3v) is 5.69. The van der Waals surface area contributed by atoms with Gasteiger partial charge in [-0.05, 0) is 46.0 Å². The van der Waals surface area contributed by atoms with Crippen LogP contribution in [0.1, 0.15) is 34.9 Å². The van der Waals surface area contributed by atoms with Gasteiger partial charge in [-0.1, -0.05) is 24.3 Å². The number of rotatable bonds is 4. The zero-order valence-corrected chi connectivity index (χ0v) is 12.9. The Kier molecular flexibility index (Phi) is 3.52. The number of aliphatic hydroxyl groups excluding tert-OH is 1. The molecular formula is C15H16BrNOS. The molecule has 1 aliphatic rings. The first kappa shape index (κ1) is 13.3. The van der Waals surface area contributed by atoms with Crippen LogP contribution < -0.4 is 5.73 Å². The minimum absolute atomic E-state index is 0.218.